The molecule has 5 rings (SSSR count). The Kier molecular flexibility index (Phi) is 6.16. The van der Waals surface area contributed by atoms with Crippen molar-refractivity contribution in [1.82, 2.24) is 0 Å². The lowest BCUT2D eigenvalue weighted by atomic mass is 9.77. The molecule has 4 nitrogen and oxygen atoms in total. The quantitative estimate of drug-likeness (QED) is 0.317. The van der Waals surface area contributed by atoms with E-state index in [2.05, 4.69) is 77.9 Å². The van der Waals surface area contributed by atoms with Crippen LogP contribution in [-0.2, 0) is 0 Å². The molecule has 0 bridgehead atoms. The highest BCUT2D eigenvalue weighted by molar-refractivity contribution is 5.83. The highest BCUT2D eigenvalue weighted by Gasteiger charge is 2.37. The molecule has 0 saturated heterocycles. The topological polar surface area (TPSA) is 42.8 Å². The molecule has 0 radical (unpaired) electrons. The summed E-state index contributed by atoms with van der Waals surface area (Å²) in [5.41, 5.74) is 5.88. The summed E-state index contributed by atoms with van der Waals surface area (Å²) in [4.78, 5) is 4.68. The van der Waals surface area contributed by atoms with Crippen molar-refractivity contribution in [3.8, 4) is 11.5 Å². The number of ether oxygens (including phenoxy) is 2. The van der Waals surface area contributed by atoms with Crippen molar-refractivity contribution >= 4 is 17.6 Å². The van der Waals surface area contributed by atoms with Gasteiger partial charge in [-0.25, -0.2) is 0 Å². The van der Waals surface area contributed by atoms with Gasteiger partial charge in [-0.1, -0.05) is 49.4 Å². The first-order chi connectivity index (χ1) is 16.3. The molecule has 0 aromatic heterocycles. The number of anilines is 1. The van der Waals surface area contributed by atoms with Crippen LogP contribution < -0.4 is 14.8 Å². The normalized spacial score (nSPS) is 20.8. The van der Waals surface area contributed by atoms with E-state index >= 15 is 0 Å². The summed E-state index contributed by atoms with van der Waals surface area (Å²) in [6.07, 6.45) is 8.65. The number of para-hydroxylation sites is 1. The lowest BCUT2D eigenvalue weighted by Crippen LogP contribution is -2.28. The zero-order valence-electron chi connectivity index (χ0n) is 19.2. The second kappa shape index (κ2) is 9.53. The second-order valence-electron chi connectivity index (χ2n) is 8.67. The SMILES string of the molecule is CCCOc1ccc(C=Nc2ccc([C@@H]3Nc4ccccc4[C@@H]4C=CC[C@H]43)cc2)cc1OC. The number of nitrogens with one attached hydrogen (secondary N) is 1. The van der Waals surface area contributed by atoms with Gasteiger partial charge in [-0.3, -0.25) is 4.99 Å². The van der Waals surface area contributed by atoms with E-state index in [0.717, 1.165) is 35.6 Å². The van der Waals surface area contributed by atoms with Crippen molar-refractivity contribution in [2.75, 3.05) is 19.0 Å². The Bertz CT molecular complexity index is 1170. The third-order valence-corrected chi connectivity index (χ3v) is 6.54. The maximum Gasteiger partial charge on any atom is 0.161 e. The van der Waals surface area contributed by atoms with Crippen molar-refractivity contribution in [2.45, 2.75) is 31.7 Å². The Morgan fingerprint density at radius 2 is 1.88 bits per heavy atom. The zero-order valence-corrected chi connectivity index (χ0v) is 19.2. The predicted octanol–water partition coefficient (Wildman–Crippen LogP) is 7.06. The van der Waals surface area contributed by atoms with Crippen molar-refractivity contribution < 1.29 is 9.47 Å². The van der Waals surface area contributed by atoms with Gasteiger partial charge in [0.25, 0.3) is 0 Å². The lowest BCUT2D eigenvalue weighted by Gasteiger charge is -2.37. The van der Waals surface area contributed by atoms with Crippen LogP contribution in [0.1, 0.15) is 48.4 Å². The van der Waals surface area contributed by atoms with Crippen LogP contribution in [0.2, 0.25) is 0 Å². The van der Waals surface area contributed by atoms with Crippen LogP contribution in [0.25, 0.3) is 0 Å². The molecular weight excluding hydrogens is 408 g/mol. The summed E-state index contributed by atoms with van der Waals surface area (Å²) in [6.45, 7) is 2.76. The summed E-state index contributed by atoms with van der Waals surface area (Å²) in [5, 5.41) is 3.79. The maximum absolute atomic E-state index is 5.74. The highest BCUT2D eigenvalue weighted by Crippen LogP contribution is 2.49. The van der Waals surface area contributed by atoms with Crippen LogP contribution in [0.15, 0.2) is 83.9 Å². The van der Waals surface area contributed by atoms with Crippen LogP contribution in [0, 0.1) is 5.92 Å². The van der Waals surface area contributed by atoms with Gasteiger partial charge >= 0.3 is 0 Å². The van der Waals surface area contributed by atoms with E-state index in [1.807, 2.05) is 24.4 Å². The number of benzene rings is 3. The van der Waals surface area contributed by atoms with E-state index in [1.165, 1.54) is 16.8 Å². The van der Waals surface area contributed by atoms with Gasteiger partial charge in [0.2, 0.25) is 0 Å². The van der Waals surface area contributed by atoms with Crippen LogP contribution >= 0.6 is 0 Å². The number of fused-ring (bicyclic) bond motifs is 3. The van der Waals surface area contributed by atoms with Gasteiger partial charge in [0.15, 0.2) is 11.5 Å². The number of hydrogen-bond acceptors (Lipinski definition) is 4. The van der Waals surface area contributed by atoms with Gasteiger partial charge in [-0.15, -0.1) is 0 Å². The van der Waals surface area contributed by atoms with Gasteiger partial charge in [0, 0.05) is 17.8 Å². The third kappa shape index (κ3) is 4.38. The van der Waals surface area contributed by atoms with E-state index in [-0.39, 0.29) is 0 Å². The molecular formula is C29H30N2O2. The Morgan fingerprint density at radius 3 is 2.70 bits per heavy atom. The smallest absolute Gasteiger partial charge is 0.161 e. The van der Waals surface area contributed by atoms with E-state index < -0.39 is 0 Å². The largest absolute Gasteiger partial charge is 0.493 e. The fraction of sp³-hybridized carbons (Fsp3) is 0.276. The van der Waals surface area contributed by atoms with Crippen molar-refractivity contribution in [1.29, 1.82) is 0 Å². The minimum Gasteiger partial charge on any atom is -0.493 e. The molecule has 0 unspecified atom stereocenters. The van der Waals surface area contributed by atoms with Crippen LogP contribution in [0.4, 0.5) is 11.4 Å². The molecule has 1 aliphatic heterocycles. The van der Waals surface area contributed by atoms with Gasteiger partial charge in [-0.2, -0.15) is 0 Å². The van der Waals surface area contributed by atoms with E-state index in [4.69, 9.17) is 9.47 Å². The first kappa shape index (κ1) is 21.3. The Hall–Kier alpha value is -3.53. The minimum absolute atomic E-state index is 0.304. The fourth-order valence-corrected chi connectivity index (χ4v) is 4.89. The summed E-state index contributed by atoms with van der Waals surface area (Å²) in [7, 11) is 1.66. The van der Waals surface area contributed by atoms with E-state index in [1.54, 1.807) is 7.11 Å². The first-order valence-corrected chi connectivity index (χ1v) is 11.7. The molecule has 33 heavy (non-hydrogen) atoms. The molecule has 1 aliphatic carbocycles. The Balaban J connectivity index is 1.32. The van der Waals surface area contributed by atoms with Crippen LogP contribution in [0.3, 0.4) is 0 Å². The summed E-state index contributed by atoms with van der Waals surface area (Å²) >= 11 is 0. The average Bonchev–Trinajstić information content (AvgIpc) is 3.37. The monoisotopic (exact) mass is 438 g/mol. The lowest BCUT2D eigenvalue weighted by molar-refractivity contribution is 0.294. The molecule has 0 saturated carbocycles. The standard InChI is InChI=1S/C29H30N2O2/c1-3-17-33-27-16-11-20(18-28(27)32-2)19-30-22-14-12-21(13-15-22)29-25-9-6-8-23(25)24-7-4-5-10-26(24)31-29/h4-8,10-16,18-19,23,25,29,31H,3,9,17H2,1-2H3/t23-,25+,29-/m0/s1. The fourth-order valence-electron chi connectivity index (χ4n) is 4.89. The first-order valence-electron chi connectivity index (χ1n) is 11.7. The van der Waals surface area contributed by atoms with E-state index in [0.29, 0.717) is 24.5 Å². The molecule has 0 fully saturated rings. The summed E-state index contributed by atoms with van der Waals surface area (Å²) < 4.78 is 11.2. The number of allylic oxidation sites excluding steroid dienone is 2. The predicted molar refractivity (Wildman–Crippen MR) is 135 cm³/mol. The molecule has 1 N–H and O–H groups in total. The highest BCUT2D eigenvalue weighted by atomic mass is 16.5. The third-order valence-electron chi connectivity index (χ3n) is 6.54. The second-order valence-corrected chi connectivity index (χ2v) is 8.67. The molecule has 1 heterocycles. The van der Waals surface area contributed by atoms with Gasteiger partial charge < -0.3 is 14.8 Å². The number of methoxy groups -OCH3 is 1. The molecule has 168 valence electrons. The van der Waals surface area contributed by atoms with Gasteiger partial charge in [0.1, 0.15) is 0 Å². The number of hydrogen-bond donors (Lipinski definition) is 1. The van der Waals surface area contributed by atoms with Crippen LogP contribution in [0.5, 0.6) is 11.5 Å². The molecule has 3 atom stereocenters. The van der Waals surface area contributed by atoms with Crippen molar-refractivity contribution in [3.05, 3.63) is 95.6 Å². The molecule has 0 amide bonds. The van der Waals surface area contributed by atoms with Crippen molar-refractivity contribution in [3.63, 3.8) is 0 Å². The van der Waals surface area contributed by atoms with Crippen LogP contribution in [-0.4, -0.2) is 19.9 Å². The number of nitrogens with zero attached hydrogens (tertiary/aromatic N) is 1. The molecule has 0 spiro atoms. The zero-order chi connectivity index (χ0) is 22.6. The minimum atomic E-state index is 0.304. The van der Waals surface area contributed by atoms with Gasteiger partial charge in [-0.05, 0) is 71.8 Å². The van der Waals surface area contributed by atoms with Gasteiger partial charge in [0.05, 0.1) is 25.4 Å². The average molecular weight is 439 g/mol. The Morgan fingerprint density at radius 1 is 1.03 bits per heavy atom. The molecule has 3 aromatic carbocycles. The van der Waals surface area contributed by atoms with Crippen molar-refractivity contribution in [2.24, 2.45) is 10.9 Å². The number of rotatable bonds is 7. The molecule has 4 heteroatoms. The molecule has 3 aromatic rings. The maximum atomic E-state index is 5.74. The summed E-state index contributed by atoms with van der Waals surface area (Å²) in [5.74, 6) is 2.54. The van der Waals surface area contributed by atoms with E-state index in [9.17, 15) is 0 Å². The molecule has 2 aliphatic rings. The summed E-state index contributed by atoms with van der Waals surface area (Å²) in [6, 6.07) is 23.5. The Labute approximate surface area is 196 Å². The number of aliphatic imine (C=N–C) groups is 1.